The molecule has 0 saturated heterocycles. The molecule has 0 fully saturated rings. The van der Waals surface area contributed by atoms with Crippen LogP contribution in [-0.4, -0.2) is 19.1 Å². The van der Waals surface area contributed by atoms with Crippen molar-refractivity contribution in [3.63, 3.8) is 0 Å². The van der Waals surface area contributed by atoms with Crippen molar-refractivity contribution < 1.29 is 18.7 Å². The monoisotopic (exact) mass is 350 g/mol. The van der Waals surface area contributed by atoms with E-state index < -0.39 is 24.1 Å². The summed E-state index contributed by atoms with van der Waals surface area (Å²) < 4.78 is 18.4. The van der Waals surface area contributed by atoms with Gasteiger partial charge in [0, 0.05) is 10.4 Å². The molecular formula is C17H19FN2O3S. The summed E-state index contributed by atoms with van der Waals surface area (Å²) in [5.74, 6) is -0.800. The van der Waals surface area contributed by atoms with Crippen molar-refractivity contribution in [3.8, 4) is 0 Å². The first-order valence-electron chi connectivity index (χ1n) is 7.43. The molecule has 2 aromatic rings. The molecule has 128 valence electrons. The van der Waals surface area contributed by atoms with E-state index in [1.807, 2.05) is 17.5 Å². The first kappa shape index (κ1) is 17.9. The minimum atomic E-state index is -0.506. The molecule has 0 saturated carbocycles. The Morgan fingerprint density at radius 2 is 1.96 bits per heavy atom. The Bertz CT molecular complexity index is 691. The number of nitrogens with one attached hydrogen (secondary N) is 2. The van der Waals surface area contributed by atoms with Gasteiger partial charge in [-0.1, -0.05) is 24.3 Å². The molecule has 0 spiro atoms. The minimum Gasteiger partial charge on any atom is -0.469 e. The number of ether oxygens (including phenoxy) is 1. The van der Waals surface area contributed by atoms with Gasteiger partial charge in [-0.2, -0.15) is 0 Å². The van der Waals surface area contributed by atoms with Gasteiger partial charge in [-0.15, -0.1) is 11.3 Å². The highest BCUT2D eigenvalue weighted by atomic mass is 32.1. The SMILES string of the molecule is COC(=O)CC(NC(=O)NC(C)c1ccccc1F)c1cccs1. The number of hydrogen-bond donors (Lipinski definition) is 2. The van der Waals surface area contributed by atoms with Gasteiger partial charge >= 0.3 is 12.0 Å². The average Bonchev–Trinajstić information content (AvgIpc) is 3.08. The highest BCUT2D eigenvalue weighted by Crippen LogP contribution is 2.23. The lowest BCUT2D eigenvalue weighted by atomic mass is 10.1. The van der Waals surface area contributed by atoms with Crippen molar-refractivity contribution in [2.45, 2.75) is 25.4 Å². The van der Waals surface area contributed by atoms with Crippen molar-refractivity contribution in [3.05, 3.63) is 58.0 Å². The summed E-state index contributed by atoms with van der Waals surface area (Å²) in [5.41, 5.74) is 0.397. The summed E-state index contributed by atoms with van der Waals surface area (Å²) in [7, 11) is 1.30. The van der Waals surface area contributed by atoms with E-state index in [9.17, 15) is 14.0 Å². The predicted molar refractivity (Wildman–Crippen MR) is 90.2 cm³/mol. The fourth-order valence-electron chi connectivity index (χ4n) is 2.26. The predicted octanol–water partition coefficient (Wildman–Crippen LogP) is 3.55. The van der Waals surface area contributed by atoms with Crippen LogP contribution < -0.4 is 10.6 Å². The van der Waals surface area contributed by atoms with Crippen LogP contribution in [0.2, 0.25) is 0 Å². The third-order valence-electron chi connectivity index (χ3n) is 3.51. The van der Waals surface area contributed by atoms with Crippen molar-refractivity contribution in [1.82, 2.24) is 10.6 Å². The summed E-state index contributed by atoms with van der Waals surface area (Å²) in [4.78, 5) is 24.6. The van der Waals surface area contributed by atoms with Crippen LogP contribution in [0.5, 0.6) is 0 Å². The number of esters is 1. The van der Waals surface area contributed by atoms with E-state index >= 15 is 0 Å². The van der Waals surface area contributed by atoms with Gasteiger partial charge in [-0.25, -0.2) is 9.18 Å². The minimum absolute atomic E-state index is 0.0263. The fourth-order valence-corrected chi connectivity index (χ4v) is 3.04. The Hall–Kier alpha value is -2.41. The second-order valence-corrected chi connectivity index (χ2v) is 6.19. The Balaban J connectivity index is 2.02. The van der Waals surface area contributed by atoms with Crippen LogP contribution in [0.4, 0.5) is 9.18 Å². The normalized spacial score (nSPS) is 13.0. The molecule has 1 heterocycles. The number of urea groups is 1. The van der Waals surface area contributed by atoms with E-state index in [0.29, 0.717) is 5.56 Å². The van der Waals surface area contributed by atoms with E-state index in [1.54, 1.807) is 25.1 Å². The molecule has 1 aromatic carbocycles. The zero-order chi connectivity index (χ0) is 17.5. The van der Waals surface area contributed by atoms with Crippen LogP contribution in [0.1, 0.15) is 35.9 Å². The van der Waals surface area contributed by atoms with Gasteiger partial charge in [0.2, 0.25) is 0 Å². The van der Waals surface area contributed by atoms with Crippen LogP contribution in [0, 0.1) is 5.82 Å². The number of halogens is 1. The van der Waals surface area contributed by atoms with Gasteiger partial charge < -0.3 is 15.4 Å². The topological polar surface area (TPSA) is 67.4 Å². The van der Waals surface area contributed by atoms with E-state index in [-0.39, 0.29) is 12.2 Å². The molecule has 24 heavy (non-hydrogen) atoms. The van der Waals surface area contributed by atoms with Gasteiger partial charge in [-0.05, 0) is 24.4 Å². The standard InChI is InChI=1S/C17H19FN2O3S/c1-11(12-6-3-4-7-13(12)18)19-17(22)20-14(10-16(21)23-2)15-8-5-9-24-15/h3-9,11,14H,10H2,1-2H3,(H2,19,20,22). The Morgan fingerprint density at radius 3 is 2.58 bits per heavy atom. The lowest BCUT2D eigenvalue weighted by Crippen LogP contribution is -2.40. The molecule has 2 atom stereocenters. The van der Waals surface area contributed by atoms with Crippen molar-refractivity contribution in [2.75, 3.05) is 7.11 Å². The van der Waals surface area contributed by atoms with Crippen molar-refractivity contribution in [1.29, 1.82) is 0 Å². The van der Waals surface area contributed by atoms with Crippen LogP contribution in [0.3, 0.4) is 0 Å². The number of hydrogen-bond acceptors (Lipinski definition) is 4. The molecule has 0 bridgehead atoms. The molecule has 0 radical (unpaired) electrons. The zero-order valence-corrected chi connectivity index (χ0v) is 14.2. The number of carbonyl (C=O) groups excluding carboxylic acids is 2. The van der Waals surface area contributed by atoms with E-state index in [0.717, 1.165) is 4.88 Å². The molecular weight excluding hydrogens is 331 g/mol. The summed E-state index contributed by atoms with van der Waals surface area (Å²) >= 11 is 1.43. The van der Waals surface area contributed by atoms with Crippen LogP contribution in [-0.2, 0) is 9.53 Å². The Labute approximate surface area is 143 Å². The van der Waals surface area contributed by atoms with Gasteiger partial charge in [0.15, 0.2) is 0 Å². The molecule has 2 unspecified atom stereocenters. The second-order valence-electron chi connectivity index (χ2n) is 5.21. The second kappa shape index (κ2) is 8.44. The summed E-state index contributed by atoms with van der Waals surface area (Å²) in [6.07, 6.45) is 0.0263. The first-order valence-corrected chi connectivity index (χ1v) is 8.31. The summed E-state index contributed by atoms with van der Waals surface area (Å²) in [6.45, 7) is 1.69. The molecule has 1 aromatic heterocycles. The lowest BCUT2D eigenvalue weighted by Gasteiger charge is -2.20. The van der Waals surface area contributed by atoms with Crippen LogP contribution in [0.15, 0.2) is 41.8 Å². The molecule has 0 aliphatic carbocycles. The van der Waals surface area contributed by atoms with Gasteiger partial charge in [0.05, 0.1) is 25.6 Å². The van der Waals surface area contributed by atoms with Gasteiger partial charge in [0.1, 0.15) is 5.82 Å². The van der Waals surface area contributed by atoms with Gasteiger partial charge in [-0.3, -0.25) is 4.79 Å². The summed E-state index contributed by atoms with van der Waals surface area (Å²) in [6, 6.07) is 8.45. The molecule has 7 heteroatoms. The maximum atomic E-state index is 13.8. The number of benzene rings is 1. The number of rotatable bonds is 6. The largest absolute Gasteiger partial charge is 0.469 e. The number of thiophene rings is 1. The van der Waals surface area contributed by atoms with Crippen molar-refractivity contribution >= 4 is 23.3 Å². The number of carbonyl (C=O) groups is 2. The average molecular weight is 350 g/mol. The molecule has 2 rings (SSSR count). The maximum absolute atomic E-state index is 13.8. The lowest BCUT2D eigenvalue weighted by molar-refractivity contribution is -0.141. The van der Waals surface area contributed by atoms with Crippen molar-refractivity contribution in [2.24, 2.45) is 0 Å². The smallest absolute Gasteiger partial charge is 0.315 e. The highest BCUT2D eigenvalue weighted by Gasteiger charge is 2.21. The number of amides is 2. The van der Waals surface area contributed by atoms with Gasteiger partial charge in [0.25, 0.3) is 0 Å². The molecule has 2 N–H and O–H groups in total. The zero-order valence-electron chi connectivity index (χ0n) is 13.4. The third-order valence-corrected chi connectivity index (χ3v) is 4.50. The number of methoxy groups -OCH3 is 1. The van der Waals surface area contributed by atoms with E-state index in [4.69, 9.17) is 0 Å². The Kier molecular flexibility index (Phi) is 6.31. The third kappa shape index (κ3) is 4.79. The summed E-state index contributed by atoms with van der Waals surface area (Å²) in [5, 5.41) is 7.29. The molecule has 0 aliphatic heterocycles. The van der Waals surface area contributed by atoms with E-state index in [2.05, 4.69) is 15.4 Å². The molecule has 5 nitrogen and oxygen atoms in total. The fraction of sp³-hybridized carbons (Fsp3) is 0.294. The Morgan fingerprint density at radius 1 is 1.21 bits per heavy atom. The van der Waals surface area contributed by atoms with E-state index in [1.165, 1.54) is 24.5 Å². The molecule has 0 aliphatic rings. The van der Waals surface area contributed by atoms with Crippen LogP contribution >= 0.6 is 11.3 Å². The maximum Gasteiger partial charge on any atom is 0.315 e. The highest BCUT2D eigenvalue weighted by molar-refractivity contribution is 7.10. The van der Waals surface area contributed by atoms with Crippen LogP contribution in [0.25, 0.3) is 0 Å². The quantitative estimate of drug-likeness (QED) is 0.783. The first-order chi connectivity index (χ1) is 11.5. The molecule has 2 amide bonds.